The molecule has 0 fully saturated rings. The molecule has 0 aliphatic carbocycles. The van der Waals surface area contributed by atoms with E-state index in [-0.39, 0.29) is 12.4 Å². The van der Waals surface area contributed by atoms with Gasteiger partial charge in [-0.3, -0.25) is 23.7 Å². The molecule has 2 aromatic rings. The zero-order chi connectivity index (χ0) is 14.0. The monoisotopic (exact) mass is 282 g/mol. The van der Waals surface area contributed by atoms with Crippen LogP contribution in [0.2, 0.25) is 0 Å². The number of aromatic nitrogens is 4. The number of hydrogen-bond donors (Lipinski definition) is 2. The number of aryl methyl sites for hydroxylation is 1. The van der Waals surface area contributed by atoms with E-state index in [1.807, 2.05) is 0 Å². The summed E-state index contributed by atoms with van der Waals surface area (Å²) in [7, 11) is 1.74. The maximum Gasteiger partial charge on any atom is 0.295 e. The summed E-state index contributed by atoms with van der Waals surface area (Å²) in [6.07, 6.45) is 4.68. The molecule has 0 atom stereocenters. The van der Waals surface area contributed by atoms with Crippen LogP contribution in [0.4, 0.5) is 5.82 Å². The molecule has 1 amide bonds. The average molecular weight is 283 g/mol. The van der Waals surface area contributed by atoms with Gasteiger partial charge in [-0.05, 0) is 0 Å². The zero-order valence-electron chi connectivity index (χ0n) is 10.00. The second-order valence-corrected chi connectivity index (χ2v) is 4.04. The van der Waals surface area contributed by atoms with E-state index in [1.165, 1.54) is 10.8 Å². The number of primary amides is 1. The number of rotatable bonds is 4. The second kappa shape index (κ2) is 5.11. The molecule has 0 aliphatic heterocycles. The Morgan fingerprint density at radius 2 is 2.26 bits per heavy atom. The highest BCUT2D eigenvalue weighted by molar-refractivity contribution is 6.23. The van der Waals surface area contributed by atoms with Crippen molar-refractivity contribution in [3.63, 3.8) is 0 Å². The summed E-state index contributed by atoms with van der Waals surface area (Å²) >= 11 is 5.38. The van der Waals surface area contributed by atoms with Gasteiger partial charge >= 0.3 is 0 Å². The zero-order valence-corrected chi connectivity index (χ0v) is 10.8. The Bertz CT molecular complexity index is 677. The number of nitrogens with zero attached hydrogens (tertiary/aromatic N) is 4. The van der Waals surface area contributed by atoms with E-state index in [9.17, 15) is 9.59 Å². The quantitative estimate of drug-likeness (QED) is 0.748. The Morgan fingerprint density at radius 1 is 1.53 bits per heavy atom. The van der Waals surface area contributed by atoms with E-state index in [4.69, 9.17) is 17.5 Å². The van der Waals surface area contributed by atoms with Gasteiger partial charge in [0.05, 0.1) is 18.1 Å². The fraction of sp³-hybridized carbons (Fsp3) is 0.200. The molecule has 8 nitrogen and oxygen atoms in total. The molecular weight excluding hydrogens is 272 g/mol. The summed E-state index contributed by atoms with van der Waals surface area (Å²) in [5.74, 6) is -0.713. The highest BCUT2D eigenvalue weighted by Gasteiger charge is 2.14. The molecule has 0 aromatic carbocycles. The van der Waals surface area contributed by atoms with Crippen molar-refractivity contribution in [2.45, 2.75) is 6.54 Å². The van der Waals surface area contributed by atoms with Crippen LogP contribution in [0.5, 0.6) is 0 Å². The number of halogens is 1. The van der Waals surface area contributed by atoms with Gasteiger partial charge in [0.1, 0.15) is 6.54 Å². The minimum Gasteiger partial charge on any atom is -0.368 e. The van der Waals surface area contributed by atoms with Crippen LogP contribution in [0.25, 0.3) is 11.3 Å². The fourth-order valence-electron chi connectivity index (χ4n) is 1.65. The summed E-state index contributed by atoms with van der Waals surface area (Å²) in [6.45, 7) is -0.267. The Morgan fingerprint density at radius 3 is 2.79 bits per heavy atom. The Balaban J connectivity index is 2.63. The molecule has 2 heterocycles. The molecule has 0 aliphatic rings. The predicted octanol–water partition coefficient (Wildman–Crippen LogP) is -0.305. The molecule has 0 unspecified atom stereocenters. The van der Waals surface area contributed by atoms with Crippen LogP contribution in [0.15, 0.2) is 23.4 Å². The van der Waals surface area contributed by atoms with Crippen molar-refractivity contribution in [1.82, 2.24) is 19.3 Å². The van der Waals surface area contributed by atoms with Gasteiger partial charge in [-0.2, -0.15) is 5.10 Å². The second-order valence-electron chi connectivity index (χ2n) is 3.85. The van der Waals surface area contributed by atoms with Crippen LogP contribution in [0.1, 0.15) is 0 Å². The molecule has 100 valence electrons. The first kappa shape index (κ1) is 13.1. The molecule has 0 spiro atoms. The van der Waals surface area contributed by atoms with Crippen LogP contribution < -0.4 is 16.1 Å². The van der Waals surface area contributed by atoms with Gasteiger partial charge in [-0.15, -0.1) is 0 Å². The van der Waals surface area contributed by atoms with Gasteiger partial charge in [0, 0.05) is 30.6 Å². The van der Waals surface area contributed by atoms with Gasteiger partial charge in [0.15, 0.2) is 0 Å². The van der Waals surface area contributed by atoms with Crippen LogP contribution in [0.3, 0.4) is 0 Å². The third kappa shape index (κ3) is 2.58. The van der Waals surface area contributed by atoms with E-state index in [2.05, 4.69) is 14.9 Å². The highest BCUT2D eigenvalue weighted by Crippen LogP contribution is 2.16. The number of hydrogen-bond acceptors (Lipinski definition) is 5. The summed E-state index contributed by atoms with van der Waals surface area (Å²) in [5, 5.41) is 4.00. The molecule has 0 saturated heterocycles. The molecule has 0 saturated carbocycles. The normalized spacial score (nSPS) is 10.4. The number of carbonyl (C=O) groups is 1. The minimum atomic E-state index is -0.640. The average Bonchev–Trinajstić information content (AvgIpc) is 2.78. The van der Waals surface area contributed by atoms with Crippen molar-refractivity contribution >= 4 is 23.5 Å². The summed E-state index contributed by atoms with van der Waals surface area (Å²) < 4.78 is 2.76. The van der Waals surface area contributed by atoms with Crippen molar-refractivity contribution in [2.75, 3.05) is 4.84 Å². The molecule has 0 bridgehead atoms. The third-order valence-electron chi connectivity index (χ3n) is 2.46. The van der Waals surface area contributed by atoms with Gasteiger partial charge in [0.25, 0.3) is 5.56 Å². The van der Waals surface area contributed by atoms with Gasteiger partial charge < -0.3 is 5.73 Å². The van der Waals surface area contributed by atoms with Gasteiger partial charge in [-0.25, -0.2) is 4.98 Å². The first-order valence-electron chi connectivity index (χ1n) is 5.26. The van der Waals surface area contributed by atoms with Crippen LogP contribution in [-0.4, -0.2) is 25.2 Å². The number of nitrogens with one attached hydrogen (secondary N) is 1. The van der Waals surface area contributed by atoms with Crippen molar-refractivity contribution in [1.29, 1.82) is 0 Å². The number of carbonyl (C=O) groups excluding carboxylic acids is 1. The number of nitrogens with two attached hydrogens (primary N) is 1. The first-order chi connectivity index (χ1) is 9.02. The van der Waals surface area contributed by atoms with E-state index < -0.39 is 11.5 Å². The molecule has 3 N–H and O–H groups in total. The molecule has 9 heteroatoms. The maximum absolute atomic E-state index is 12.1. The van der Waals surface area contributed by atoms with E-state index >= 15 is 0 Å². The summed E-state index contributed by atoms with van der Waals surface area (Å²) in [4.78, 5) is 29.2. The first-order valence-corrected chi connectivity index (χ1v) is 5.64. The maximum atomic E-state index is 12.1. The van der Waals surface area contributed by atoms with E-state index in [0.717, 1.165) is 0 Å². The smallest absolute Gasteiger partial charge is 0.295 e. The van der Waals surface area contributed by atoms with Crippen LogP contribution in [0, 0.1) is 0 Å². The van der Waals surface area contributed by atoms with Gasteiger partial charge in [-0.1, -0.05) is 0 Å². The molecule has 2 aromatic heterocycles. The van der Waals surface area contributed by atoms with Gasteiger partial charge in [0.2, 0.25) is 11.7 Å². The number of anilines is 1. The minimum absolute atomic E-state index is 0.0736. The lowest BCUT2D eigenvalue weighted by Gasteiger charge is -2.10. The fourth-order valence-corrected chi connectivity index (χ4v) is 1.78. The lowest BCUT2D eigenvalue weighted by Crippen LogP contribution is -2.30. The number of amides is 1. The predicted molar refractivity (Wildman–Crippen MR) is 69.4 cm³/mol. The molecule has 0 radical (unpaired) electrons. The van der Waals surface area contributed by atoms with Crippen molar-refractivity contribution in [3.05, 3.63) is 28.9 Å². The Labute approximate surface area is 112 Å². The van der Waals surface area contributed by atoms with Crippen molar-refractivity contribution < 1.29 is 4.79 Å². The Hall–Kier alpha value is -2.35. The molecule has 19 heavy (non-hydrogen) atoms. The van der Waals surface area contributed by atoms with Crippen LogP contribution >= 0.6 is 11.8 Å². The van der Waals surface area contributed by atoms with Crippen molar-refractivity contribution in [3.8, 4) is 11.3 Å². The molecule has 2 rings (SSSR count). The van der Waals surface area contributed by atoms with Crippen LogP contribution in [-0.2, 0) is 18.4 Å². The standard InChI is InChI=1S/C10H11ClN6O2/c1-16-4-6(2-14-16)7-3-13-9(15-11)10(19)17(7)5-8(12)18/h2-4H,5H2,1H3,(H2,12,18)(H,13,15). The lowest BCUT2D eigenvalue weighted by molar-refractivity contribution is -0.118. The third-order valence-corrected chi connectivity index (χ3v) is 2.64. The Kier molecular flexibility index (Phi) is 3.52. The summed E-state index contributed by atoms with van der Waals surface area (Å²) in [6, 6.07) is 0. The van der Waals surface area contributed by atoms with E-state index in [1.54, 1.807) is 24.1 Å². The highest BCUT2D eigenvalue weighted by atomic mass is 35.5. The summed E-state index contributed by atoms with van der Waals surface area (Å²) in [5.41, 5.74) is 5.70. The SMILES string of the molecule is Cn1cc(-c2cnc(NCl)c(=O)n2CC(N)=O)cn1. The largest absolute Gasteiger partial charge is 0.368 e. The molecular formula is C10H11ClN6O2. The van der Waals surface area contributed by atoms with E-state index in [0.29, 0.717) is 11.3 Å². The van der Waals surface area contributed by atoms with Crippen molar-refractivity contribution in [2.24, 2.45) is 12.8 Å². The lowest BCUT2D eigenvalue weighted by atomic mass is 10.2. The topological polar surface area (TPSA) is 108 Å².